The van der Waals surface area contributed by atoms with E-state index >= 15 is 0 Å². The molecule has 17 heteroatoms. The summed E-state index contributed by atoms with van der Waals surface area (Å²) in [6, 6.07) is -1.17. The molecule has 0 aromatic carbocycles. The number of aliphatic hydroxyl groups is 1. The summed E-state index contributed by atoms with van der Waals surface area (Å²) in [6.07, 6.45) is 1.93. The molecule has 1 heterocycles. The Morgan fingerprint density at radius 3 is 2.33 bits per heavy atom. The van der Waals surface area contributed by atoms with Crippen LogP contribution >= 0.6 is 11.8 Å². The Labute approximate surface area is 327 Å². The third kappa shape index (κ3) is 13.8. The maximum absolute atomic E-state index is 14.6. The number of fused-ring (bicyclic) bond motifs is 2. The van der Waals surface area contributed by atoms with E-state index in [0.29, 0.717) is 18.7 Å². The number of primary amides is 1. The molecule has 3 amide bonds. The van der Waals surface area contributed by atoms with Gasteiger partial charge in [0.2, 0.25) is 17.5 Å². The number of methoxy groups -OCH3 is 3. The van der Waals surface area contributed by atoms with Crippen molar-refractivity contribution in [2.45, 2.75) is 77.9 Å². The molecule has 2 aliphatic rings. The highest BCUT2D eigenvalue weighted by Crippen LogP contribution is 2.35. The van der Waals surface area contributed by atoms with Crippen LogP contribution < -0.4 is 21.7 Å². The highest BCUT2D eigenvalue weighted by molar-refractivity contribution is 8.04. The number of ketones is 2. The molecule has 0 fully saturated rings. The molecule has 2 rings (SSSR count). The molecule has 6 N–H and O–H groups in total. The lowest BCUT2D eigenvalue weighted by atomic mass is 9.85. The number of hydrogen-bond donors (Lipinski definition) is 5. The molecule has 0 radical (unpaired) electrons. The predicted molar refractivity (Wildman–Crippen MR) is 207 cm³/mol. The van der Waals surface area contributed by atoms with E-state index < -0.39 is 71.8 Å². The number of amides is 3. The van der Waals surface area contributed by atoms with Crippen LogP contribution in [0.3, 0.4) is 0 Å². The minimum absolute atomic E-state index is 0.0435. The number of hydrogen-bond acceptors (Lipinski definition) is 14. The molecule has 0 saturated heterocycles. The highest BCUT2D eigenvalue weighted by Gasteiger charge is 2.38. The van der Waals surface area contributed by atoms with Crippen LogP contribution in [0.25, 0.3) is 0 Å². The van der Waals surface area contributed by atoms with Crippen molar-refractivity contribution >= 4 is 47.2 Å². The number of likely N-dealkylation sites (N-methyl/N-ethyl adjacent to an activating group) is 1. The molecule has 16 nitrogen and oxygen atoms in total. The van der Waals surface area contributed by atoms with Gasteiger partial charge in [0.25, 0.3) is 5.91 Å². The Morgan fingerprint density at radius 1 is 1.09 bits per heavy atom. The SMILES string of the molecule is COC(=O)[C@H](CSC1=C2NC(=O)/C(C)=C/C=C\[C@H](OC)[C@@H](OC(N)=O)/C(C)=C/[C@H](C)[C@@H](O)[C@@H](OC)C[C@H](C)CC(=C(NCCN(C)C)C1=O)C2=O)NC(C)=O. The molecule has 306 valence electrons. The molecule has 2 bridgehead atoms. The smallest absolute Gasteiger partial charge is 0.405 e. The number of ether oxygens (including phenoxy) is 4. The largest absolute Gasteiger partial charge is 0.467 e. The number of nitrogens with two attached hydrogens (primary N) is 1. The van der Waals surface area contributed by atoms with Crippen LogP contribution in [0.1, 0.15) is 47.5 Å². The van der Waals surface area contributed by atoms with E-state index in [1.54, 1.807) is 26.0 Å². The molecule has 7 atom stereocenters. The Kier molecular flexibility index (Phi) is 19.0. The van der Waals surface area contributed by atoms with E-state index in [2.05, 4.69) is 16.0 Å². The summed E-state index contributed by atoms with van der Waals surface area (Å²) in [5.41, 5.74) is 5.97. The van der Waals surface area contributed by atoms with E-state index in [4.69, 9.17) is 24.7 Å². The van der Waals surface area contributed by atoms with Crippen LogP contribution in [0.5, 0.6) is 0 Å². The normalized spacial score (nSPS) is 27.7. The standard InChI is InChI=1S/C38H57N5O11S/c1-20-16-25-29(40-14-15-43(6)7)33(47)35(55-19-26(37(49)53-10)41-24(5)44)30(32(25)46)42-36(48)21(2)12-11-13-27(51-8)34(54-38(39)50)23(4)18-22(3)31(45)28(17-20)52-9/h11-13,18,20,22,26-28,31,34,40,45H,14-17,19H2,1-10H3,(H2,39,50)(H,41,44)(H,42,48)/b13-11-,21-12+,23-18+/t20-,22+,26+,27+,28+,31-,34+/m1/s1. The second-order valence-corrected chi connectivity index (χ2v) is 14.9. The number of thioether (sulfide) groups is 1. The zero-order valence-corrected chi connectivity index (χ0v) is 34.2. The monoisotopic (exact) mass is 791 g/mol. The zero-order chi connectivity index (χ0) is 41.6. The molecule has 1 aliphatic heterocycles. The Balaban J connectivity index is 2.83. The van der Waals surface area contributed by atoms with Gasteiger partial charge < -0.3 is 50.6 Å². The van der Waals surface area contributed by atoms with Crippen molar-refractivity contribution in [1.29, 1.82) is 0 Å². The van der Waals surface area contributed by atoms with E-state index in [9.17, 15) is 33.9 Å². The fourth-order valence-corrected chi connectivity index (χ4v) is 7.16. The van der Waals surface area contributed by atoms with E-state index in [-0.39, 0.29) is 52.0 Å². The summed E-state index contributed by atoms with van der Waals surface area (Å²) < 4.78 is 21.6. The van der Waals surface area contributed by atoms with Crippen molar-refractivity contribution in [3.63, 3.8) is 0 Å². The maximum Gasteiger partial charge on any atom is 0.405 e. The molecule has 0 spiro atoms. The average Bonchev–Trinajstić information content (AvgIpc) is 3.12. The first kappa shape index (κ1) is 46.9. The maximum atomic E-state index is 14.6. The predicted octanol–water partition coefficient (Wildman–Crippen LogP) is 1.65. The van der Waals surface area contributed by atoms with Crippen LogP contribution in [-0.2, 0) is 42.9 Å². The van der Waals surface area contributed by atoms with Crippen molar-refractivity contribution < 1.29 is 52.8 Å². The lowest BCUT2D eigenvalue weighted by Gasteiger charge is -2.30. The summed E-state index contributed by atoms with van der Waals surface area (Å²) in [5, 5.41) is 19.7. The van der Waals surface area contributed by atoms with E-state index in [0.717, 1.165) is 18.9 Å². The number of nitrogens with one attached hydrogen (secondary N) is 3. The number of esters is 1. The lowest BCUT2D eigenvalue weighted by molar-refractivity contribution is -0.144. The number of Topliss-reactive ketones (excluding diaryl/α,β-unsaturated/α-hetero) is 2. The number of nitrogens with zero attached hydrogens (tertiary/aromatic N) is 1. The van der Waals surface area contributed by atoms with Gasteiger partial charge in [0.1, 0.15) is 17.8 Å². The topological polar surface area (TPSA) is 225 Å². The van der Waals surface area contributed by atoms with Gasteiger partial charge in [0.15, 0.2) is 6.10 Å². The minimum Gasteiger partial charge on any atom is -0.467 e. The first-order chi connectivity index (χ1) is 25.9. The van der Waals surface area contributed by atoms with Gasteiger partial charge in [-0.05, 0) is 52.3 Å². The first-order valence-corrected chi connectivity index (χ1v) is 18.8. The van der Waals surface area contributed by atoms with Crippen LogP contribution in [0.4, 0.5) is 4.79 Å². The van der Waals surface area contributed by atoms with Crippen molar-refractivity contribution in [1.82, 2.24) is 20.9 Å². The Bertz CT molecular complexity index is 1600. The average molecular weight is 792 g/mol. The fourth-order valence-electron chi connectivity index (χ4n) is 6.09. The number of rotatable bonds is 12. The summed E-state index contributed by atoms with van der Waals surface area (Å²) in [7, 11) is 7.74. The van der Waals surface area contributed by atoms with Gasteiger partial charge in [-0.15, -0.1) is 11.8 Å². The van der Waals surface area contributed by atoms with Crippen molar-refractivity contribution in [3.8, 4) is 0 Å². The van der Waals surface area contributed by atoms with Gasteiger partial charge in [0.05, 0.1) is 29.9 Å². The number of carbonyl (C=O) groups is 6. The number of carbonyl (C=O) groups excluding carboxylic acids is 6. The quantitative estimate of drug-likeness (QED) is 0.108. The van der Waals surface area contributed by atoms with Gasteiger partial charge in [-0.1, -0.05) is 38.2 Å². The zero-order valence-electron chi connectivity index (χ0n) is 33.3. The second-order valence-electron chi connectivity index (χ2n) is 13.9. The van der Waals surface area contributed by atoms with Crippen molar-refractivity contribution in [2.75, 3.05) is 54.3 Å². The van der Waals surface area contributed by atoms with Gasteiger partial charge in [-0.25, -0.2) is 9.59 Å². The molecule has 0 unspecified atom stereocenters. The van der Waals surface area contributed by atoms with E-state index in [1.807, 2.05) is 25.9 Å². The van der Waals surface area contributed by atoms with Gasteiger partial charge >= 0.3 is 12.1 Å². The van der Waals surface area contributed by atoms with Gasteiger partial charge in [-0.2, -0.15) is 0 Å². The molecule has 55 heavy (non-hydrogen) atoms. The summed E-state index contributed by atoms with van der Waals surface area (Å²) in [5.74, 6) is -4.21. The molecular formula is C38H57N5O11S. The Morgan fingerprint density at radius 2 is 1.76 bits per heavy atom. The van der Waals surface area contributed by atoms with Crippen LogP contribution in [0.2, 0.25) is 0 Å². The number of allylic oxidation sites excluding steroid dienone is 4. The summed E-state index contributed by atoms with van der Waals surface area (Å²) >= 11 is 0.824. The third-order valence-electron chi connectivity index (χ3n) is 9.02. The first-order valence-electron chi connectivity index (χ1n) is 17.8. The van der Waals surface area contributed by atoms with E-state index in [1.165, 1.54) is 40.2 Å². The van der Waals surface area contributed by atoms with Crippen LogP contribution in [0, 0.1) is 11.8 Å². The van der Waals surface area contributed by atoms with Gasteiger partial charge in [0, 0.05) is 57.0 Å². The summed E-state index contributed by atoms with van der Waals surface area (Å²) in [6.45, 7) is 8.89. The number of aliphatic hydroxyl groups excluding tert-OH is 1. The highest BCUT2D eigenvalue weighted by atomic mass is 32.2. The third-order valence-corrected chi connectivity index (χ3v) is 10.2. The molecule has 0 aromatic rings. The molecular weight excluding hydrogens is 735 g/mol. The Hall–Kier alpha value is -4.29. The van der Waals surface area contributed by atoms with Gasteiger partial charge in [-0.3, -0.25) is 19.2 Å². The molecule has 1 aliphatic carbocycles. The summed E-state index contributed by atoms with van der Waals surface area (Å²) in [4.78, 5) is 80.8. The molecule has 0 aromatic heterocycles. The van der Waals surface area contributed by atoms with Crippen LogP contribution in [-0.4, -0.2) is 130 Å². The lowest BCUT2D eigenvalue weighted by Crippen LogP contribution is -2.43. The van der Waals surface area contributed by atoms with Crippen molar-refractivity contribution in [3.05, 3.63) is 57.3 Å². The van der Waals surface area contributed by atoms with Crippen LogP contribution in [0.15, 0.2) is 57.3 Å². The fraction of sp³-hybridized carbons (Fsp3) is 0.579. The second kappa shape index (κ2) is 22.3. The minimum atomic E-state index is -1.17. The van der Waals surface area contributed by atoms with Crippen molar-refractivity contribution in [2.24, 2.45) is 17.6 Å². The molecule has 0 saturated carbocycles.